The van der Waals surface area contributed by atoms with Crippen LogP contribution in [-0.4, -0.2) is 64.2 Å². The molecule has 4 heterocycles. The van der Waals surface area contributed by atoms with Gasteiger partial charge in [-0.2, -0.15) is 5.26 Å². The van der Waals surface area contributed by atoms with E-state index < -0.39 is 5.60 Å². The second-order valence-corrected chi connectivity index (χ2v) is 12.1. The Bertz CT molecular complexity index is 1620. The molecular formula is C30H34FN7O2S. The Hall–Kier alpha value is -4.17. The van der Waals surface area contributed by atoms with Crippen LogP contribution in [-0.2, 0) is 11.2 Å². The van der Waals surface area contributed by atoms with Crippen LogP contribution in [0, 0.1) is 24.1 Å². The van der Waals surface area contributed by atoms with Crippen LogP contribution in [0.5, 0.6) is 0 Å². The molecule has 214 valence electrons. The van der Waals surface area contributed by atoms with Crippen LogP contribution in [0.1, 0.15) is 43.8 Å². The molecule has 41 heavy (non-hydrogen) atoms. The Morgan fingerprint density at radius 2 is 1.85 bits per heavy atom. The van der Waals surface area contributed by atoms with E-state index in [1.807, 2.05) is 32.7 Å². The van der Waals surface area contributed by atoms with Gasteiger partial charge in [-0.3, -0.25) is 4.40 Å². The van der Waals surface area contributed by atoms with Gasteiger partial charge in [0.2, 0.25) is 0 Å². The van der Waals surface area contributed by atoms with E-state index in [0.29, 0.717) is 53.9 Å². The number of anilines is 3. The van der Waals surface area contributed by atoms with Crippen molar-refractivity contribution >= 4 is 39.7 Å². The van der Waals surface area contributed by atoms with Gasteiger partial charge in [-0.15, -0.1) is 0 Å². The van der Waals surface area contributed by atoms with Crippen molar-refractivity contribution in [2.45, 2.75) is 46.6 Å². The lowest BCUT2D eigenvalue weighted by atomic mass is 10.1. The molecule has 0 unspecified atom stereocenters. The summed E-state index contributed by atoms with van der Waals surface area (Å²) in [4.78, 5) is 28.8. The molecule has 1 saturated heterocycles. The molecule has 5 rings (SSSR count). The number of rotatable bonds is 5. The second-order valence-electron chi connectivity index (χ2n) is 11.1. The van der Waals surface area contributed by atoms with E-state index >= 15 is 0 Å². The number of nitrogens with zero attached hydrogens (tertiary/aromatic N) is 7. The third kappa shape index (κ3) is 5.70. The first-order valence-corrected chi connectivity index (χ1v) is 14.5. The van der Waals surface area contributed by atoms with E-state index in [2.05, 4.69) is 41.5 Å². The number of piperazine rings is 1. The van der Waals surface area contributed by atoms with Gasteiger partial charge >= 0.3 is 6.09 Å². The molecule has 0 bridgehead atoms. The number of fused-ring (bicyclic) bond motifs is 1. The lowest BCUT2D eigenvalue weighted by Gasteiger charge is -2.37. The quantitative estimate of drug-likeness (QED) is 0.281. The van der Waals surface area contributed by atoms with E-state index in [1.54, 1.807) is 17.0 Å². The predicted octanol–water partition coefficient (Wildman–Crippen LogP) is 6.16. The van der Waals surface area contributed by atoms with Gasteiger partial charge in [0.1, 0.15) is 39.5 Å². The third-order valence-corrected chi connectivity index (χ3v) is 8.04. The van der Waals surface area contributed by atoms with Gasteiger partial charge in [0.05, 0.1) is 11.4 Å². The Labute approximate surface area is 243 Å². The van der Waals surface area contributed by atoms with Crippen molar-refractivity contribution in [2.75, 3.05) is 43.0 Å². The van der Waals surface area contributed by atoms with Crippen LogP contribution >= 0.6 is 11.3 Å². The van der Waals surface area contributed by atoms with Crippen molar-refractivity contribution in [3.8, 4) is 17.3 Å². The van der Waals surface area contributed by atoms with E-state index in [1.165, 1.54) is 23.5 Å². The number of ether oxygens (including phenoxy) is 1. The van der Waals surface area contributed by atoms with Gasteiger partial charge in [-0.1, -0.05) is 18.3 Å². The smallest absolute Gasteiger partial charge is 0.410 e. The van der Waals surface area contributed by atoms with Gasteiger partial charge < -0.3 is 19.4 Å². The number of amides is 1. The molecule has 1 amide bonds. The summed E-state index contributed by atoms with van der Waals surface area (Å²) in [6, 6.07) is 10.4. The normalized spacial score (nSPS) is 13.9. The zero-order chi connectivity index (χ0) is 29.5. The minimum absolute atomic E-state index is 0.282. The number of nitriles is 1. The zero-order valence-corrected chi connectivity index (χ0v) is 25.0. The van der Waals surface area contributed by atoms with Crippen molar-refractivity contribution in [3.05, 3.63) is 58.5 Å². The Morgan fingerprint density at radius 1 is 1.17 bits per heavy atom. The second kappa shape index (κ2) is 11.0. The molecule has 0 radical (unpaired) electrons. The minimum Gasteiger partial charge on any atom is -0.444 e. The molecule has 1 fully saturated rings. The first-order valence-electron chi connectivity index (χ1n) is 13.6. The van der Waals surface area contributed by atoms with E-state index in [9.17, 15) is 14.4 Å². The number of pyridine rings is 1. The lowest BCUT2D eigenvalue weighted by Crippen LogP contribution is -2.50. The van der Waals surface area contributed by atoms with Crippen LogP contribution in [0.4, 0.5) is 25.8 Å². The first kappa shape index (κ1) is 28.4. The molecule has 0 saturated carbocycles. The highest BCUT2D eigenvalue weighted by Crippen LogP contribution is 2.37. The molecular weight excluding hydrogens is 541 g/mol. The standard InChI is InChI=1S/C30H34FN7O2S/c1-7-23-27(35(6)28-34-25(24(17-32)41-28)20-8-10-21(31)11-9-20)38-18-22(16-19(2)26(38)33-23)36-12-14-37(15-13-36)29(39)40-30(3,4)5/h8-11,16,18H,7,12-15H2,1-6H3. The Balaban J connectivity index is 1.47. The van der Waals surface area contributed by atoms with Gasteiger partial charge in [0.15, 0.2) is 5.13 Å². The number of halogens is 1. The Morgan fingerprint density at radius 3 is 2.46 bits per heavy atom. The number of aromatic nitrogens is 3. The Kier molecular flexibility index (Phi) is 7.62. The maximum absolute atomic E-state index is 13.5. The largest absolute Gasteiger partial charge is 0.444 e. The monoisotopic (exact) mass is 575 g/mol. The molecule has 0 atom stereocenters. The summed E-state index contributed by atoms with van der Waals surface area (Å²) in [5.41, 5.74) is 4.55. The van der Waals surface area contributed by atoms with Crippen LogP contribution in [0.2, 0.25) is 0 Å². The fraction of sp³-hybridized carbons (Fsp3) is 0.400. The average Bonchev–Trinajstić information content (AvgIpc) is 3.54. The summed E-state index contributed by atoms with van der Waals surface area (Å²) in [5.74, 6) is 0.541. The SMILES string of the molecule is CCc1nc2c(C)cc(N3CCN(C(=O)OC(C)(C)C)CC3)cn2c1N(C)c1nc(-c2ccc(F)cc2)c(C#N)s1. The number of hydrogen-bond acceptors (Lipinski definition) is 8. The summed E-state index contributed by atoms with van der Waals surface area (Å²) < 4.78 is 21.2. The van der Waals surface area contributed by atoms with Gasteiger partial charge in [-0.25, -0.2) is 19.2 Å². The molecule has 1 aliphatic rings. The summed E-state index contributed by atoms with van der Waals surface area (Å²) in [7, 11) is 1.93. The molecule has 0 aliphatic carbocycles. The molecule has 9 nitrogen and oxygen atoms in total. The highest BCUT2D eigenvalue weighted by Gasteiger charge is 2.27. The van der Waals surface area contributed by atoms with Crippen LogP contribution in [0.3, 0.4) is 0 Å². The molecule has 1 aromatic carbocycles. The van der Waals surface area contributed by atoms with Crippen molar-refractivity contribution in [1.82, 2.24) is 19.3 Å². The maximum atomic E-state index is 13.5. The predicted molar refractivity (Wildman–Crippen MR) is 160 cm³/mol. The third-order valence-electron chi connectivity index (χ3n) is 7.00. The van der Waals surface area contributed by atoms with Crippen molar-refractivity contribution < 1.29 is 13.9 Å². The number of carbonyl (C=O) groups is 1. The number of imidazole rings is 1. The number of carbonyl (C=O) groups excluding carboxylic acids is 1. The van der Waals surface area contributed by atoms with Crippen LogP contribution in [0.25, 0.3) is 16.9 Å². The van der Waals surface area contributed by atoms with E-state index in [4.69, 9.17) is 14.7 Å². The van der Waals surface area contributed by atoms with Crippen molar-refractivity contribution in [1.29, 1.82) is 5.26 Å². The number of benzene rings is 1. The number of hydrogen-bond donors (Lipinski definition) is 0. The van der Waals surface area contributed by atoms with Crippen LogP contribution in [0.15, 0.2) is 36.5 Å². The lowest BCUT2D eigenvalue weighted by molar-refractivity contribution is 0.0240. The highest BCUT2D eigenvalue weighted by atomic mass is 32.1. The van der Waals surface area contributed by atoms with Crippen molar-refractivity contribution in [3.63, 3.8) is 0 Å². The minimum atomic E-state index is -0.525. The van der Waals surface area contributed by atoms with Gasteiger partial charge in [-0.05, 0) is 70.0 Å². The fourth-order valence-corrected chi connectivity index (χ4v) is 5.84. The summed E-state index contributed by atoms with van der Waals surface area (Å²) in [6.45, 7) is 12.3. The average molecular weight is 576 g/mol. The molecule has 1 aliphatic heterocycles. The van der Waals surface area contributed by atoms with E-state index in [-0.39, 0.29) is 11.9 Å². The molecule has 0 spiro atoms. The topological polar surface area (TPSA) is 90.0 Å². The molecule has 3 aromatic heterocycles. The van der Waals surface area contributed by atoms with E-state index in [0.717, 1.165) is 28.4 Å². The van der Waals surface area contributed by atoms with Crippen molar-refractivity contribution in [2.24, 2.45) is 0 Å². The van der Waals surface area contributed by atoms with Gasteiger partial charge in [0.25, 0.3) is 0 Å². The maximum Gasteiger partial charge on any atom is 0.410 e. The van der Waals surface area contributed by atoms with Gasteiger partial charge in [0, 0.05) is 45.0 Å². The summed E-state index contributed by atoms with van der Waals surface area (Å²) in [6.07, 6.45) is 2.52. The molecule has 4 aromatic rings. The molecule has 11 heteroatoms. The first-order chi connectivity index (χ1) is 19.5. The molecule has 0 N–H and O–H groups in total. The summed E-state index contributed by atoms with van der Waals surface area (Å²) in [5, 5.41) is 10.5. The zero-order valence-electron chi connectivity index (χ0n) is 24.2. The number of aryl methyl sites for hydroxylation is 2. The number of thiazole rings is 1. The van der Waals surface area contributed by atoms with Crippen LogP contribution < -0.4 is 9.80 Å². The highest BCUT2D eigenvalue weighted by molar-refractivity contribution is 7.16. The fourth-order valence-electron chi connectivity index (χ4n) is 4.99. The summed E-state index contributed by atoms with van der Waals surface area (Å²) >= 11 is 1.29.